The van der Waals surface area contributed by atoms with Gasteiger partial charge in [-0.05, 0) is 46.6 Å². The highest BCUT2D eigenvalue weighted by Gasteiger charge is 2.38. The number of amides is 1. The van der Waals surface area contributed by atoms with E-state index in [2.05, 4.69) is 21.2 Å². The molecule has 0 spiro atoms. The molecule has 0 bridgehead atoms. The summed E-state index contributed by atoms with van der Waals surface area (Å²) in [7, 11) is 0. The smallest absolute Gasteiger partial charge is 0.263 e. The molecule has 3 nitrogen and oxygen atoms in total. The maximum atomic E-state index is 11.9. The quantitative estimate of drug-likeness (QED) is 0.896. The summed E-state index contributed by atoms with van der Waals surface area (Å²) in [6.45, 7) is 0.0295. The van der Waals surface area contributed by atoms with E-state index in [0.717, 1.165) is 23.7 Å². The molecule has 0 unspecified atom stereocenters. The molecule has 1 aromatic rings. The third-order valence-corrected chi connectivity index (χ3v) is 4.65. The molecule has 0 radical (unpaired) electrons. The van der Waals surface area contributed by atoms with Crippen LogP contribution in [0.1, 0.15) is 28.9 Å². The summed E-state index contributed by atoms with van der Waals surface area (Å²) in [5.74, 6) is -0.0920. The maximum Gasteiger partial charge on any atom is 0.263 e. The molecule has 15 heavy (non-hydrogen) atoms. The van der Waals surface area contributed by atoms with Gasteiger partial charge in [0.2, 0.25) is 0 Å². The predicted molar refractivity (Wildman–Crippen MR) is 63.2 cm³/mol. The second-order valence-electron chi connectivity index (χ2n) is 3.84. The number of nitrogens with one attached hydrogen (secondary N) is 1. The number of carbonyl (C=O) groups is 1. The molecular formula is C10H12BrNO2S. The predicted octanol–water partition coefficient (Wildman–Crippen LogP) is 2.16. The minimum absolute atomic E-state index is 0.0295. The lowest BCUT2D eigenvalue weighted by Crippen LogP contribution is -2.56. The van der Waals surface area contributed by atoms with Gasteiger partial charge in [0.1, 0.15) is 4.88 Å². The van der Waals surface area contributed by atoms with E-state index >= 15 is 0 Å². The Kier molecular flexibility index (Phi) is 3.13. The van der Waals surface area contributed by atoms with Gasteiger partial charge < -0.3 is 10.4 Å². The topological polar surface area (TPSA) is 49.3 Å². The lowest BCUT2D eigenvalue weighted by molar-refractivity contribution is 0.0644. The van der Waals surface area contributed by atoms with E-state index in [0.29, 0.717) is 4.88 Å². The first-order valence-electron chi connectivity index (χ1n) is 4.83. The van der Waals surface area contributed by atoms with Crippen molar-refractivity contribution in [3.63, 3.8) is 0 Å². The Bertz CT molecular complexity index is 368. The molecule has 5 heteroatoms. The van der Waals surface area contributed by atoms with E-state index < -0.39 is 0 Å². The van der Waals surface area contributed by atoms with Gasteiger partial charge in [0.15, 0.2) is 0 Å². The molecule has 2 rings (SSSR count). The van der Waals surface area contributed by atoms with E-state index in [1.54, 1.807) is 0 Å². The Morgan fingerprint density at radius 3 is 2.80 bits per heavy atom. The number of halogens is 1. The molecule has 1 aliphatic carbocycles. The average Bonchev–Trinajstić information content (AvgIpc) is 2.58. The van der Waals surface area contributed by atoms with Crippen LogP contribution in [0.2, 0.25) is 0 Å². The van der Waals surface area contributed by atoms with Gasteiger partial charge in [-0.15, -0.1) is 11.3 Å². The number of rotatable bonds is 3. The van der Waals surface area contributed by atoms with E-state index in [4.69, 9.17) is 0 Å². The molecule has 0 atom stereocenters. The number of hydrogen-bond donors (Lipinski definition) is 2. The summed E-state index contributed by atoms with van der Waals surface area (Å²) in [5.41, 5.74) is -0.361. The van der Waals surface area contributed by atoms with Gasteiger partial charge in [0, 0.05) is 4.47 Å². The van der Waals surface area contributed by atoms with E-state index in [1.165, 1.54) is 11.3 Å². The van der Waals surface area contributed by atoms with Crippen LogP contribution in [-0.4, -0.2) is 23.2 Å². The van der Waals surface area contributed by atoms with Crippen LogP contribution in [0.4, 0.5) is 0 Å². The van der Waals surface area contributed by atoms with Crippen molar-refractivity contribution in [3.05, 3.63) is 20.8 Å². The second-order valence-corrected chi connectivity index (χ2v) is 5.61. The van der Waals surface area contributed by atoms with Crippen molar-refractivity contribution in [1.82, 2.24) is 5.32 Å². The third-order valence-electron chi connectivity index (χ3n) is 2.82. The molecule has 1 saturated carbocycles. The number of aliphatic hydroxyl groups is 1. The molecule has 0 saturated heterocycles. The van der Waals surface area contributed by atoms with Crippen LogP contribution in [0.3, 0.4) is 0 Å². The lowest BCUT2D eigenvalue weighted by atomic mass is 9.77. The lowest BCUT2D eigenvalue weighted by Gasteiger charge is -2.40. The summed E-state index contributed by atoms with van der Waals surface area (Å²) in [6.07, 6.45) is 2.82. The van der Waals surface area contributed by atoms with Crippen molar-refractivity contribution in [2.45, 2.75) is 24.8 Å². The summed E-state index contributed by atoms with van der Waals surface area (Å²) in [4.78, 5) is 12.5. The zero-order valence-corrected chi connectivity index (χ0v) is 10.5. The molecule has 0 aromatic carbocycles. The van der Waals surface area contributed by atoms with Crippen LogP contribution in [0.5, 0.6) is 0 Å². The maximum absolute atomic E-state index is 11.9. The fourth-order valence-electron chi connectivity index (χ4n) is 1.68. The van der Waals surface area contributed by atoms with Crippen LogP contribution >= 0.6 is 27.3 Å². The van der Waals surface area contributed by atoms with Crippen molar-refractivity contribution in [3.8, 4) is 0 Å². The van der Waals surface area contributed by atoms with Gasteiger partial charge in [0.25, 0.3) is 5.91 Å². The number of thiophene rings is 1. The van der Waals surface area contributed by atoms with Gasteiger partial charge in [-0.3, -0.25) is 4.79 Å². The van der Waals surface area contributed by atoms with Gasteiger partial charge in [-0.2, -0.15) is 0 Å². The van der Waals surface area contributed by atoms with Crippen molar-refractivity contribution in [2.24, 2.45) is 0 Å². The fraction of sp³-hybridized carbons (Fsp3) is 0.500. The van der Waals surface area contributed by atoms with Gasteiger partial charge in [-0.1, -0.05) is 0 Å². The zero-order valence-electron chi connectivity index (χ0n) is 8.12. The van der Waals surface area contributed by atoms with E-state index in [1.807, 2.05) is 11.4 Å². The summed E-state index contributed by atoms with van der Waals surface area (Å²) < 4.78 is 0.817. The SMILES string of the molecule is O=C(NC1(CO)CCC1)c1sccc1Br. The molecule has 1 aliphatic rings. The largest absolute Gasteiger partial charge is 0.394 e. The normalized spacial score (nSPS) is 18.3. The van der Waals surface area contributed by atoms with Gasteiger partial charge in [0.05, 0.1) is 12.1 Å². The first-order chi connectivity index (χ1) is 7.17. The minimum Gasteiger partial charge on any atom is -0.394 e. The zero-order chi connectivity index (χ0) is 10.9. The van der Waals surface area contributed by atoms with Crippen LogP contribution < -0.4 is 5.32 Å². The Labute approximate surface area is 101 Å². The average molecular weight is 290 g/mol. The molecule has 1 aromatic heterocycles. The third kappa shape index (κ3) is 2.09. The molecule has 1 fully saturated rings. The van der Waals surface area contributed by atoms with Crippen LogP contribution in [-0.2, 0) is 0 Å². The van der Waals surface area contributed by atoms with Gasteiger partial charge in [-0.25, -0.2) is 0 Å². The van der Waals surface area contributed by atoms with Crippen LogP contribution in [0, 0.1) is 0 Å². The second kappa shape index (κ2) is 4.23. The van der Waals surface area contributed by atoms with Crippen LogP contribution in [0.25, 0.3) is 0 Å². The highest BCUT2D eigenvalue weighted by molar-refractivity contribution is 9.10. The summed E-state index contributed by atoms with van der Waals surface area (Å²) >= 11 is 4.73. The molecule has 2 N–H and O–H groups in total. The monoisotopic (exact) mass is 289 g/mol. The van der Waals surface area contributed by atoms with Crippen molar-refractivity contribution >= 4 is 33.2 Å². The highest BCUT2D eigenvalue weighted by atomic mass is 79.9. The van der Waals surface area contributed by atoms with Crippen molar-refractivity contribution < 1.29 is 9.90 Å². The Balaban J connectivity index is 2.07. The van der Waals surface area contributed by atoms with Crippen molar-refractivity contribution in [1.29, 1.82) is 0 Å². The number of hydrogen-bond acceptors (Lipinski definition) is 3. The first kappa shape index (κ1) is 11.1. The molecule has 82 valence electrons. The highest BCUT2D eigenvalue weighted by Crippen LogP contribution is 2.32. The van der Waals surface area contributed by atoms with Gasteiger partial charge >= 0.3 is 0 Å². The van der Waals surface area contributed by atoms with Crippen LogP contribution in [0.15, 0.2) is 15.9 Å². The first-order valence-corrected chi connectivity index (χ1v) is 6.50. The van der Waals surface area contributed by atoms with E-state index in [-0.39, 0.29) is 18.1 Å². The fourth-order valence-corrected chi connectivity index (χ4v) is 3.13. The number of aliphatic hydroxyl groups excluding tert-OH is 1. The molecule has 1 amide bonds. The minimum atomic E-state index is -0.361. The molecule has 1 heterocycles. The Morgan fingerprint density at radius 1 is 1.67 bits per heavy atom. The standard InChI is InChI=1S/C10H12BrNO2S/c11-7-2-5-15-8(7)9(14)12-10(6-13)3-1-4-10/h2,5,13H,1,3-4,6H2,(H,12,14). The summed E-state index contributed by atoms with van der Waals surface area (Å²) in [5, 5.41) is 14.0. The Hall–Kier alpha value is -0.390. The van der Waals surface area contributed by atoms with Crippen molar-refractivity contribution in [2.75, 3.05) is 6.61 Å². The molecular weight excluding hydrogens is 278 g/mol. The van der Waals surface area contributed by atoms with E-state index in [9.17, 15) is 9.90 Å². The summed E-state index contributed by atoms with van der Waals surface area (Å²) in [6, 6.07) is 1.85. The molecule has 0 aliphatic heterocycles. The number of carbonyl (C=O) groups excluding carboxylic acids is 1. The Morgan fingerprint density at radius 2 is 2.40 bits per heavy atom.